The highest BCUT2D eigenvalue weighted by atomic mass is 28.4. The van der Waals surface area contributed by atoms with Gasteiger partial charge in [0.1, 0.15) is 0 Å². The summed E-state index contributed by atoms with van der Waals surface area (Å²) in [5.41, 5.74) is 0. The molecular formula is C6H15NO3Si. The number of amides is 1. The Hall–Kier alpha value is -0.393. The summed E-state index contributed by atoms with van der Waals surface area (Å²) in [5, 5.41) is 0. The molecule has 66 valence electrons. The van der Waals surface area contributed by atoms with Gasteiger partial charge in [-0.15, -0.1) is 0 Å². The Morgan fingerprint density at radius 3 is 2.27 bits per heavy atom. The average molecular weight is 177 g/mol. The van der Waals surface area contributed by atoms with Crippen LogP contribution in [0.2, 0.25) is 6.55 Å². The monoisotopic (exact) mass is 177 g/mol. The summed E-state index contributed by atoms with van der Waals surface area (Å²) in [4.78, 5) is 29.2. The van der Waals surface area contributed by atoms with E-state index < -0.39 is 8.72 Å². The number of hydrogen-bond acceptors (Lipinski definition) is 3. The van der Waals surface area contributed by atoms with Crippen LogP contribution in [0.25, 0.3) is 0 Å². The van der Waals surface area contributed by atoms with Crippen LogP contribution in [-0.2, 0) is 4.79 Å². The Labute approximate surface area is 67.8 Å². The summed E-state index contributed by atoms with van der Waals surface area (Å²) in [6.07, 6.45) is 1.11. The zero-order chi connectivity index (χ0) is 9.07. The molecule has 0 atom stereocenters. The molecule has 0 saturated heterocycles. The van der Waals surface area contributed by atoms with Gasteiger partial charge in [-0.1, -0.05) is 6.92 Å². The van der Waals surface area contributed by atoms with E-state index in [0.717, 1.165) is 11.0 Å². The van der Waals surface area contributed by atoms with Gasteiger partial charge in [0.25, 0.3) is 0 Å². The molecule has 0 heterocycles. The lowest BCUT2D eigenvalue weighted by atomic mass is 10.3. The lowest BCUT2D eigenvalue weighted by Crippen LogP contribution is -2.52. The van der Waals surface area contributed by atoms with Crippen molar-refractivity contribution in [1.29, 1.82) is 0 Å². The summed E-state index contributed by atoms with van der Waals surface area (Å²) in [6, 6.07) is 0. The van der Waals surface area contributed by atoms with E-state index in [1.807, 2.05) is 6.92 Å². The van der Waals surface area contributed by atoms with Crippen LogP contribution < -0.4 is 0 Å². The van der Waals surface area contributed by atoms with E-state index in [0.29, 0.717) is 6.42 Å². The van der Waals surface area contributed by atoms with Crippen molar-refractivity contribution in [1.82, 2.24) is 4.57 Å². The first kappa shape index (κ1) is 10.6. The second-order valence-corrected chi connectivity index (χ2v) is 5.29. The fraction of sp³-hybridized carbons (Fsp3) is 0.833. The summed E-state index contributed by atoms with van der Waals surface area (Å²) in [5.74, 6) is -0.202. The number of nitrogens with zero attached hydrogens (tertiary/aromatic N) is 1. The molecule has 1 amide bonds. The molecule has 0 aliphatic heterocycles. The maximum atomic E-state index is 11.0. The van der Waals surface area contributed by atoms with Crippen LogP contribution in [0, 0.1) is 0 Å². The largest absolute Gasteiger partial charge is 0.452 e. The summed E-state index contributed by atoms with van der Waals surface area (Å²) in [7, 11) is -1.96. The van der Waals surface area contributed by atoms with Crippen molar-refractivity contribution in [2.45, 2.75) is 26.3 Å². The molecule has 0 rings (SSSR count). The number of carbonyl (C=O) groups excluding carboxylic acids is 1. The van der Waals surface area contributed by atoms with Crippen molar-refractivity contribution < 1.29 is 14.4 Å². The molecule has 0 unspecified atom stereocenters. The van der Waals surface area contributed by atoms with E-state index in [4.69, 9.17) is 9.59 Å². The number of rotatable bonds is 3. The molecule has 11 heavy (non-hydrogen) atoms. The highest BCUT2D eigenvalue weighted by Gasteiger charge is 2.32. The average Bonchev–Trinajstić information content (AvgIpc) is 1.85. The van der Waals surface area contributed by atoms with Crippen molar-refractivity contribution >= 4 is 14.6 Å². The Balaban J connectivity index is 4.03. The van der Waals surface area contributed by atoms with Crippen LogP contribution in [0.5, 0.6) is 0 Å². The van der Waals surface area contributed by atoms with Gasteiger partial charge in [-0.05, 0) is 13.0 Å². The smallest absolute Gasteiger partial charge is 0.395 e. The third-order valence-electron chi connectivity index (χ3n) is 1.47. The molecule has 0 bridgehead atoms. The van der Waals surface area contributed by atoms with Crippen molar-refractivity contribution in [3.05, 3.63) is 0 Å². The van der Waals surface area contributed by atoms with Gasteiger partial charge in [-0.3, -0.25) is 4.79 Å². The lowest BCUT2D eigenvalue weighted by molar-refractivity contribution is -0.127. The van der Waals surface area contributed by atoms with Gasteiger partial charge in [0.2, 0.25) is 5.91 Å². The molecule has 0 radical (unpaired) electrons. The van der Waals surface area contributed by atoms with Gasteiger partial charge < -0.3 is 14.2 Å². The predicted molar refractivity (Wildman–Crippen MR) is 43.7 cm³/mol. The maximum Gasteiger partial charge on any atom is 0.452 e. The lowest BCUT2D eigenvalue weighted by Gasteiger charge is -2.24. The summed E-state index contributed by atoms with van der Waals surface area (Å²) < 4.78 is 1.05. The van der Waals surface area contributed by atoms with Crippen molar-refractivity contribution in [2.75, 3.05) is 7.05 Å². The normalized spacial score (nSPS) is 11.4. The van der Waals surface area contributed by atoms with E-state index in [1.165, 1.54) is 13.6 Å². The van der Waals surface area contributed by atoms with Gasteiger partial charge >= 0.3 is 8.72 Å². The van der Waals surface area contributed by atoms with Gasteiger partial charge in [-0.25, -0.2) is 0 Å². The molecule has 0 aromatic rings. The predicted octanol–water partition coefficient (Wildman–Crippen LogP) is -0.202. The second kappa shape index (κ2) is 3.84. The summed E-state index contributed by atoms with van der Waals surface area (Å²) >= 11 is 0. The van der Waals surface area contributed by atoms with Crippen LogP contribution in [-0.4, -0.2) is 35.8 Å². The van der Waals surface area contributed by atoms with Gasteiger partial charge in [0.15, 0.2) is 0 Å². The first-order valence-electron chi connectivity index (χ1n) is 3.61. The summed E-state index contributed by atoms with van der Waals surface area (Å²) in [6.45, 7) is 3.17. The van der Waals surface area contributed by atoms with E-state index >= 15 is 0 Å². The SMILES string of the molecule is CCCC(=O)N(C)[Si](C)(O)O. The van der Waals surface area contributed by atoms with Crippen LogP contribution in [0.3, 0.4) is 0 Å². The van der Waals surface area contributed by atoms with E-state index in [9.17, 15) is 4.79 Å². The minimum Gasteiger partial charge on any atom is -0.395 e. The number of hydrogen-bond donors (Lipinski definition) is 2. The van der Waals surface area contributed by atoms with E-state index in [-0.39, 0.29) is 5.91 Å². The Bertz CT molecular complexity index is 143. The topological polar surface area (TPSA) is 60.8 Å². The number of carbonyl (C=O) groups is 1. The maximum absolute atomic E-state index is 11.0. The molecule has 0 aliphatic carbocycles. The van der Waals surface area contributed by atoms with Crippen LogP contribution in [0.15, 0.2) is 0 Å². The first-order chi connectivity index (χ1) is 4.89. The van der Waals surface area contributed by atoms with Gasteiger partial charge in [0.05, 0.1) is 0 Å². The molecule has 0 spiro atoms. The molecule has 4 nitrogen and oxygen atoms in total. The zero-order valence-corrected chi connectivity index (χ0v) is 8.16. The molecule has 2 N–H and O–H groups in total. The van der Waals surface area contributed by atoms with Gasteiger partial charge in [0, 0.05) is 13.5 Å². The van der Waals surface area contributed by atoms with Gasteiger partial charge in [-0.2, -0.15) is 0 Å². The standard InChI is InChI=1S/C6H15NO3Si/c1-4-5-6(8)7(2)11(3,9)10/h9-10H,4-5H2,1-3H3. The zero-order valence-electron chi connectivity index (χ0n) is 7.16. The minimum atomic E-state index is -3.38. The van der Waals surface area contributed by atoms with Crippen LogP contribution >= 0.6 is 0 Å². The van der Waals surface area contributed by atoms with E-state index in [2.05, 4.69) is 0 Å². The van der Waals surface area contributed by atoms with E-state index in [1.54, 1.807) is 0 Å². The van der Waals surface area contributed by atoms with Crippen molar-refractivity contribution in [2.24, 2.45) is 0 Å². The fourth-order valence-corrected chi connectivity index (χ4v) is 1.20. The molecule has 0 saturated carbocycles. The third kappa shape index (κ3) is 3.50. The highest BCUT2D eigenvalue weighted by Crippen LogP contribution is 2.02. The molecule has 0 aliphatic rings. The molecule has 5 heteroatoms. The van der Waals surface area contributed by atoms with Crippen LogP contribution in [0.4, 0.5) is 0 Å². The fourth-order valence-electron chi connectivity index (χ4n) is 0.618. The van der Waals surface area contributed by atoms with Crippen LogP contribution in [0.1, 0.15) is 19.8 Å². The molecular weight excluding hydrogens is 162 g/mol. The second-order valence-electron chi connectivity index (χ2n) is 2.67. The van der Waals surface area contributed by atoms with Crippen molar-refractivity contribution in [3.63, 3.8) is 0 Å². The quantitative estimate of drug-likeness (QED) is 0.587. The van der Waals surface area contributed by atoms with Crippen molar-refractivity contribution in [3.8, 4) is 0 Å². The third-order valence-corrected chi connectivity index (χ3v) is 2.99. The minimum absolute atomic E-state index is 0.202. The Morgan fingerprint density at radius 2 is 2.00 bits per heavy atom. The highest BCUT2D eigenvalue weighted by molar-refractivity contribution is 6.62. The first-order valence-corrected chi connectivity index (χ1v) is 5.95. The molecule has 0 aromatic heterocycles. The Morgan fingerprint density at radius 1 is 1.55 bits per heavy atom. The molecule has 0 aromatic carbocycles. The Kier molecular flexibility index (Phi) is 3.71. The molecule has 0 fully saturated rings.